The van der Waals surface area contributed by atoms with Crippen molar-refractivity contribution in [1.29, 1.82) is 0 Å². The Morgan fingerprint density at radius 2 is 2.28 bits per heavy atom. The fourth-order valence-electron chi connectivity index (χ4n) is 4.65. The second-order valence-electron chi connectivity index (χ2n) is 7.31. The molecule has 1 aliphatic heterocycles. The normalized spacial score (nSPS) is 26.5. The Kier molecular flexibility index (Phi) is 2.69. The maximum absolute atomic E-state index is 12.8. The van der Waals surface area contributed by atoms with Crippen molar-refractivity contribution < 1.29 is 9.59 Å². The zero-order chi connectivity index (χ0) is 17.3. The average molecular weight is 333 g/mol. The lowest BCUT2D eigenvalue weighted by molar-refractivity contribution is -0.123. The zero-order valence-electron chi connectivity index (χ0n) is 14.2. The molecule has 126 valence electrons. The number of amides is 1. The molecule has 5 rings (SSSR count). The summed E-state index contributed by atoms with van der Waals surface area (Å²) in [5.41, 5.74) is 4.68. The Morgan fingerprint density at radius 1 is 1.44 bits per heavy atom. The largest absolute Gasteiger partial charge is 0.358 e. The minimum Gasteiger partial charge on any atom is -0.358 e. The Labute approximate surface area is 145 Å². The lowest BCUT2D eigenvalue weighted by atomic mass is 9.83. The Bertz CT molecular complexity index is 991. The van der Waals surface area contributed by atoms with Crippen LogP contribution in [0.5, 0.6) is 0 Å². The molecule has 5 nitrogen and oxygen atoms in total. The lowest BCUT2D eigenvalue weighted by Gasteiger charge is -2.27. The Hall–Kier alpha value is -2.82. The van der Waals surface area contributed by atoms with E-state index in [1.165, 1.54) is 0 Å². The van der Waals surface area contributed by atoms with E-state index in [-0.39, 0.29) is 17.1 Å². The molecule has 2 aromatic rings. The number of rotatable bonds is 2. The van der Waals surface area contributed by atoms with Gasteiger partial charge in [-0.1, -0.05) is 0 Å². The van der Waals surface area contributed by atoms with Gasteiger partial charge >= 0.3 is 0 Å². The van der Waals surface area contributed by atoms with Gasteiger partial charge in [-0.3, -0.25) is 9.59 Å². The molecule has 2 aliphatic carbocycles. The maximum atomic E-state index is 12.8. The number of fused-ring (bicyclic) bond motifs is 1. The summed E-state index contributed by atoms with van der Waals surface area (Å²) in [5.74, 6) is 0.344. The van der Waals surface area contributed by atoms with Crippen LogP contribution in [0.1, 0.15) is 33.7 Å². The highest BCUT2D eigenvalue weighted by molar-refractivity contribution is 6.08. The van der Waals surface area contributed by atoms with Gasteiger partial charge in [0.05, 0.1) is 5.69 Å². The van der Waals surface area contributed by atoms with Crippen molar-refractivity contribution in [2.75, 3.05) is 6.54 Å². The molecule has 2 unspecified atom stereocenters. The first-order valence-electron chi connectivity index (χ1n) is 8.58. The number of likely N-dealkylation sites (tertiary alicyclic amines) is 1. The number of carbonyl (C=O) groups is 2. The molecule has 0 bridgehead atoms. The first-order valence-corrected chi connectivity index (χ1v) is 8.58. The monoisotopic (exact) mass is 333 g/mol. The second-order valence-corrected chi connectivity index (χ2v) is 7.31. The fourth-order valence-corrected chi connectivity index (χ4v) is 4.65. The van der Waals surface area contributed by atoms with E-state index in [1.807, 2.05) is 49.1 Å². The number of H-pyrrole nitrogens is 1. The third kappa shape index (κ3) is 1.78. The van der Waals surface area contributed by atoms with Crippen LogP contribution in [0.2, 0.25) is 0 Å². The molecule has 2 aromatic heterocycles. The SMILES string of the molecule is Cc1c[nH]c2c1C13CC1CN(C(=O)/C=C/c1cccn1C)C3=CC2=O. The smallest absolute Gasteiger partial charge is 0.250 e. The molecule has 0 radical (unpaired) electrons. The summed E-state index contributed by atoms with van der Waals surface area (Å²) in [7, 11) is 1.95. The van der Waals surface area contributed by atoms with E-state index >= 15 is 0 Å². The van der Waals surface area contributed by atoms with E-state index in [0.717, 1.165) is 28.9 Å². The van der Waals surface area contributed by atoms with Gasteiger partial charge in [-0.05, 0) is 48.6 Å². The van der Waals surface area contributed by atoms with Crippen LogP contribution in [0.15, 0.2) is 42.4 Å². The summed E-state index contributed by atoms with van der Waals surface area (Å²) < 4.78 is 1.96. The number of aromatic nitrogens is 2. The molecule has 25 heavy (non-hydrogen) atoms. The summed E-state index contributed by atoms with van der Waals surface area (Å²) in [6, 6.07) is 3.91. The van der Waals surface area contributed by atoms with Crippen LogP contribution in [0, 0.1) is 12.8 Å². The Balaban J connectivity index is 1.50. The van der Waals surface area contributed by atoms with Gasteiger partial charge in [0, 0.05) is 54.9 Å². The van der Waals surface area contributed by atoms with Gasteiger partial charge in [0.2, 0.25) is 5.78 Å². The average Bonchev–Trinajstić information content (AvgIpc) is 2.90. The van der Waals surface area contributed by atoms with E-state index in [1.54, 1.807) is 17.1 Å². The number of piperidine rings is 1. The molecule has 1 saturated carbocycles. The molecule has 1 amide bonds. The van der Waals surface area contributed by atoms with Crippen molar-refractivity contribution in [2.45, 2.75) is 18.8 Å². The third-order valence-electron chi connectivity index (χ3n) is 5.94. The standard InChI is InChI=1S/C20H19N3O2/c1-12-10-21-19-15(24)8-16-20(18(12)19)9-13(20)11-23(16)17(25)6-5-14-4-3-7-22(14)2/h3-8,10,13,21H,9,11H2,1-2H3/b6-5+. The number of hydrogen-bond donors (Lipinski definition) is 1. The minimum absolute atomic E-state index is 0.0273. The number of nitrogens with zero attached hydrogens (tertiary/aromatic N) is 2. The number of aromatic amines is 1. The van der Waals surface area contributed by atoms with Crippen molar-refractivity contribution in [2.24, 2.45) is 13.0 Å². The van der Waals surface area contributed by atoms with Crippen LogP contribution in [0.3, 0.4) is 0 Å². The quantitative estimate of drug-likeness (QED) is 0.859. The van der Waals surface area contributed by atoms with Gasteiger partial charge in [0.1, 0.15) is 0 Å². The van der Waals surface area contributed by atoms with E-state index in [2.05, 4.69) is 4.98 Å². The van der Waals surface area contributed by atoms with Crippen molar-refractivity contribution in [3.8, 4) is 0 Å². The van der Waals surface area contributed by atoms with E-state index in [9.17, 15) is 9.59 Å². The van der Waals surface area contributed by atoms with Crippen LogP contribution in [-0.4, -0.2) is 32.7 Å². The molecule has 2 fully saturated rings. The molecule has 5 heteroatoms. The minimum atomic E-state index is -0.123. The zero-order valence-corrected chi connectivity index (χ0v) is 14.2. The molecule has 1 saturated heterocycles. The maximum Gasteiger partial charge on any atom is 0.250 e. The molecule has 3 aliphatic rings. The molecular formula is C20H19N3O2. The molecule has 1 spiro atoms. The highest BCUT2D eigenvalue weighted by Crippen LogP contribution is 2.67. The first kappa shape index (κ1) is 14.5. The molecule has 2 atom stereocenters. The number of carbonyl (C=O) groups excluding carboxylic acids is 2. The predicted molar refractivity (Wildman–Crippen MR) is 93.9 cm³/mol. The van der Waals surface area contributed by atoms with Crippen molar-refractivity contribution in [3.05, 3.63) is 64.9 Å². The van der Waals surface area contributed by atoms with Crippen LogP contribution >= 0.6 is 0 Å². The highest BCUT2D eigenvalue weighted by Gasteiger charge is 2.67. The van der Waals surface area contributed by atoms with E-state index in [0.29, 0.717) is 18.2 Å². The van der Waals surface area contributed by atoms with Crippen molar-refractivity contribution >= 4 is 17.8 Å². The van der Waals surface area contributed by atoms with Crippen LogP contribution in [0.4, 0.5) is 0 Å². The summed E-state index contributed by atoms with van der Waals surface area (Å²) in [6.07, 6.45) is 9.99. The van der Waals surface area contributed by atoms with Crippen LogP contribution in [-0.2, 0) is 17.3 Å². The highest BCUT2D eigenvalue weighted by atomic mass is 16.2. The number of hydrogen-bond acceptors (Lipinski definition) is 2. The Morgan fingerprint density at radius 3 is 3.04 bits per heavy atom. The third-order valence-corrected chi connectivity index (χ3v) is 5.94. The van der Waals surface area contributed by atoms with Crippen LogP contribution < -0.4 is 0 Å². The van der Waals surface area contributed by atoms with Gasteiger partial charge < -0.3 is 14.5 Å². The van der Waals surface area contributed by atoms with Crippen molar-refractivity contribution in [3.63, 3.8) is 0 Å². The number of allylic oxidation sites excluding steroid dienone is 2. The second kappa shape index (κ2) is 4.63. The number of nitrogens with one attached hydrogen (secondary N) is 1. The molecule has 0 aromatic carbocycles. The summed E-state index contributed by atoms with van der Waals surface area (Å²) in [5, 5.41) is 0. The topological polar surface area (TPSA) is 58.1 Å². The van der Waals surface area contributed by atoms with Gasteiger partial charge in [0.15, 0.2) is 0 Å². The van der Waals surface area contributed by atoms with Gasteiger partial charge in [-0.25, -0.2) is 0 Å². The summed E-state index contributed by atoms with van der Waals surface area (Å²) >= 11 is 0. The fraction of sp³-hybridized carbons (Fsp3) is 0.300. The molecular weight excluding hydrogens is 314 g/mol. The van der Waals surface area contributed by atoms with Gasteiger partial charge in [-0.2, -0.15) is 0 Å². The van der Waals surface area contributed by atoms with Crippen LogP contribution in [0.25, 0.3) is 6.08 Å². The van der Waals surface area contributed by atoms with E-state index in [4.69, 9.17) is 0 Å². The lowest BCUT2D eigenvalue weighted by Crippen LogP contribution is -2.32. The van der Waals surface area contributed by atoms with Crippen molar-refractivity contribution in [1.82, 2.24) is 14.5 Å². The molecule has 1 N–H and O–H groups in total. The first-order chi connectivity index (χ1) is 12.0. The summed E-state index contributed by atoms with van der Waals surface area (Å²) in [4.78, 5) is 30.2. The van der Waals surface area contributed by atoms with Gasteiger partial charge in [0.25, 0.3) is 5.91 Å². The predicted octanol–water partition coefficient (Wildman–Crippen LogP) is 2.56. The number of aryl methyl sites for hydroxylation is 2. The number of ketones is 1. The molecule has 3 heterocycles. The van der Waals surface area contributed by atoms with Gasteiger partial charge in [-0.15, -0.1) is 0 Å². The summed E-state index contributed by atoms with van der Waals surface area (Å²) in [6.45, 7) is 2.73. The van der Waals surface area contributed by atoms with E-state index < -0.39 is 0 Å².